The van der Waals surface area contributed by atoms with E-state index in [4.69, 9.17) is 4.74 Å². The first-order valence-corrected chi connectivity index (χ1v) is 18.4. The van der Waals surface area contributed by atoms with Gasteiger partial charge < -0.3 is 24.8 Å². The minimum atomic E-state index is -0.569. The fraction of sp³-hybridized carbons (Fsp3) is 0.538. The van der Waals surface area contributed by atoms with Crippen molar-refractivity contribution in [3.63, 3.8) is 0 Å². The van der Waals surface area contributed by atoms with Gasteiger partial charge in [-0.1, -0.05) is 52.3 Å². The smallest absolute Gasteiger partial charge is 0.435 e. The van der Waals surface area contributed by atoms with Gasteiger partial charge >= 0.3 is 12.1 Å². The molecule has 0 radical (unpaired) electrons. The molecule has 1 aliphatic carbocycles. The van der Waals surface area contributed by atoms with Crippen molar-refractivity contribution in [2.45, 2.75) is 79.5 Å². The van der Waals surface area contributed by atoms with Crippen molar-refractivity contribution in [2.75, 3.05) is 54.9 Å². The number of hydrogen-bond acceptors (Lipinski definition) is 7. The molecule has 3 heterocycles. The zero-order valence-corrected chi connectivity index (χ0v) is 30.5. The zero-order chi connectivity index (χ0) is 35.5. The number of ether oxygens (including phenoxy) is 1. The Morgan fingerprint density at radius 3 is 2.38 bits per heavy atom. The van der Waals surface area contributed by atoms with E-state index in [1.165, 1.54) is 4.68 Å². The summed E-state index contributed by atoms with van der Waals surface area (Å²) in [5, 5.41) is 7.62. The topological polar surface area (TPSA) is 103 Å². The predicted octanol–water partition coefficient (Wildman–Crippen LogP) is 6.86. The van der Waals surface area contributed by atoms with Crippen LogP contribution in [0.5, 0.6) is 0 Å². The van der Waals surface area contributed by atoms with E-state index in [2.05, 4.69) is 55.0 Å². The lowest BCUT2D eigenvalue weighted by molar-refractivity contribution is 0.00513. The molecule has 268 valence electrons. The van der Waals surface area contributed by atoms with Crippen molar-refractivity contribution in [3.05, 3.63) is 70.9 Å². The van der Waals surface area contributed by atoms with Gasteiger partial charge in [0.2, 0.25) is 0 Å². The molecule has 2 aliphatic heterocycles. The highest BCUT2D eigenvalue weighted by atomic mass is 16.6. The van der Waals surface area contributed by atoms with Crippen LogP contribution in [0.1, 0.15) is 81.1 Å². The first kappa shape index (κ1) is 35.4. The molecule has 0 bridgehead atoms. The Labute approximate surface area is 296 Å². The van der Waals surface area contributed by atoms with E-state index in [0.29, 0.717) is 35.2 Å². The summed E-state index contributed by atoms with van der Waals surface area (Å²) in [5.41, 5.74) is 4.74. The first-order chi connectivity index (χ1) is 24.1. The lowest BCUT2D eigenvalue weighted by atomic mass is 9.75. The van der Waals surface area contributed by atoms with Gasteiger partial charge in [0, 0.05) is 55.2 Å². The second-order valence-corrected chi connectivity index (χ2v) is 14.6. The van der Waals surface area contributed by atoms with Gasteiger partial charge in [-0.15, -0.1) is 5.10 Å². The van der Waals surface area contributed by atoms with Crippen LogP contribution in [0.25, 0.3) is 0 Å². The number of amides is 3. The van der Waals surface area contributed by atoms with E-state index >= 15 is 0 Å². The van der Waals surface area contributed by atoms with Gasteiger partial charge in [0.15, 0.2) is 5.82 Å². The van der Waals surface area contributed by atoms with Crippen LogP contribution in [0.4, 0.5) is 26.8 Å². The number of aromatic nitrogens is 2. The fourth-order valence-electron chi connectivity index (χ4n) is 7.78. The summed E-state index contributed by atoms with van der Waals surface area (Å²) in [6, 6.07) is 15.4. The molecule has 3 atom stereocenters. The van der Waals surface area contributed by atoms with Gasteiger partial charge in [-0.25, -0.2) is 9.59 Å². The Morgan fingerprint density at radius 2 is 1.70 bits per heavy atom. The Kier molecular flexibility index (Phi) is 10.8. The molecule has 2 fully saturated rings. The summed E-state index contributed by atoms with van der Waals surface area (Å²) < 4.78 is 7.50. The van der Waals surface area contributed by atoms with Crippen LogP contribution in [-0.4, -0.2) is 83.5 Å². The molecule has 3 aromatic rings. The third-order valence-electron chi connectivity index (χ3n) is 10.9. The Morgan fingerprint density at radius 1 is 0.980 bits per heavy atom. The molecule has 1 aromatic heterocycles. The summed E-state index contributed by atoms with van der Waals surface area (Å²) in [6.07, 6.45) is 2.94. The highest BCUT2D eigenvalue weighted by Gasteiger charge is 2.38. The maximum Gasteiger partial charge on any atom is 0.435 e. The van der Waals surface area contributed by atoms with Crippen LogP contribution in [0, 0.1) is 17.8 Å². The molecule has 6 rings (SSSR count). The third kappa shape index (κ3) is 7.38. The van der Waals surface area contributed by atoms with Crippen LogP contribution < -0.4 is 15.1 Å². The first-order valence-electron chi connectivity index (χ1n) is 18.4. The Hall–Kier alpha value is -4.38. The lowest BCUT2D eigenvalue weighted by Gasteiger charge is -2.36. The lowest BCUT2D eigenvalue weighted by Crippen LogP contribution is -2.44. The molecule has 0 unspecified atom stereocenters. The average molecular weight is 684 g/mol. The van der Waals surface area contributed by atoms with Gasteiger partial charge in [0.25, 0.3) is 5.91 Å². The molecule has 1 saturated carbocycles. The number of carbonyl (C=O) groups excluding carboxylic acids is 3. The monoisotopic (exact) mass is 683 g/mol. The number of nitrogens with one attached hydrogen (secondary N) is 1. The van der Waals surface area contributed by atoms with Crippen LogP contribution in [0.15, 0.2) is 48.5 Å². The number of anilines is 3. The van der Waals surface area contributed by atoms with Gasteiger partial charge in [0.1, 0.15) is 6.10 Å². The number of rotatable bonds is 8. The second-order valence-electron chi connectivity index (χ2n) is 14.6. The van der Waals surface area contributed by atoms with Crippen LogP contribution in [-0.2, 0) is 24.2 Å². The number of aryl methyl sites for hydroxylation is 1. The molecule has 2 aromatic carbocycles. The number of hydrogen-bond donors (Lipinski definition) is 1. The predicted molar refractivity (Wildman–Crippen MR) is 197 cm³/mol. The number of nitrogens with zero attached hydrogens (tertiary/aromatic N) is 6. The second kappa shape index (κ2) is 15.2. The maximum absolute atomic E-state index is 14.1. The Bertz CT molecular complexity index is 1680. The number of urea groups is 1. The van der Waals surface area contributed by atoms with E-state index in [9.17, 15) is 14.4 Å². The molecular formula is C39H53N7O4. The molecule has 3 aliphatic rings. The van der Waals surface area contributed by atoms with Gasteiger partial charge in [0.05, 0.1) is 18.8 Å². The highest BCUT2D eigenvalue weighted by Crippen LogP contribution is 2.37. The number of para-hydroxylation sites is 1. The van der Waals surface area contributed by atoms with Crippen LogP contribution in [0.2, 0.25) is 0 Å². The normalized spacial score (nSPS) is 20.9. The van der Waals surface area contributed by atoms with Crippen molar-refractivity contribution < 1.29 is 19.1 Å². The largest absolute Gasteiger partial charge is 0.444 e. The van der Waals surface area contributed by atoms with Gasteiger partial charge in [-0.3, -0.25) is 9.69 Å². The standard InChI is InChI=1S/C39H53N7O4/c1-7-28-11-9-10-12-33(28)45(8-2)38(48)44-24-32-34(25-44)46(39(49)50-35-23-27(5)13-18-31(35)26(3)4)41-36(32)40-37(47)29-14-16-30(17-15-29)43-21-19-42(6)20-22-43/h9-12,14-17,26-27,31,35H,7-8,13,18-25H2,1-6H3,(H,40,41,47)/t27-,31+,35-/m1/s1. The molecule has 11 nitrogen and oxygen atoms in total. The Balaban J connectivity index is 1.26. The van der Waals surface area contributed by atoms with Crippen molar-refractivity contribution in [1.82, 2.24) is 19.6 Å². The minimum absolute atomic E-state index is 0.165. The summed E-state index contributed by atoms with van der Waals surface area (Å²) in [7, 11) is 2.13. The molecule has 50 heavy (non-hydrogen) atoms. The van der Waals surface area contributed by atoms with Gasteiger partial charge in [-0.2, -0.15) is 4.68 Å². The van der Waals surface area contributed by atoms with Crippen LogP contribution in [0.3, 0.4) is 0 Å². The summed E-state index contributed by atoms with van der Waals surface area (Å²) in [4.78, 5) is 49.8. The number of piperazine rings is 1. The quantitative estimate of drug-likeness (QED) is 0.277. The molecule has 1 saturated heterocycles. The van der Waals surface area contributed by atoms with Crippen molar-refractivity contribution in [1.29, 1.82) is 0 Å². The number of benzene rings is 2. The van der Waals surface area contributed by atoms with E-state index < -0.39 is 6.09 Å². The molecule has 3 amide bonds. The summed E-state index contributed by atoms with van der Waals surface area (Å²) >= 11 is 0. The zero-order valence-electron chi connectivity index (χ0n) is 30.5. The molecular weight excluding hydrogens is 630 g/mol. The SMILES string of the molecule is CCc1ccccc1N(CC)C(=O)N1Cc2c(NC(=O)c3ccc(N4CCN(C)CC4)cc3)nn(C(=O)O[C@@H]3C[C@H](C)CC[C@H]3C(C)C)c2C1. The fourth-order valence-corrected chi connectivity index (χ4v) is 7.78. The number of likely N-dealkylation sites (N-methyl/N-ethyl adjacent to an activating group) is 1. The molecule has 0 spiro atoms. The summed E-state index contributed by atoms with van der Waals surface area (Å²) in [5.74, 6) is 1.05. The van der Waals surface area contributed by atoms with Crippen LogP contribution >= 0.6 is 0 Å². The van der Waals surface area contributed by atoms with Crippen molar-refractivity contribution in [2.24, 2.45) is 17.8 Å². The van der Waals surface area contributed by atoms with E-state index in [0.717, 1.165) is 68.8 Å². The maximum atomic E-state index is 14.1. The average Bonchev–Trinajstić information content (AvgIpc) is 3.69. The minimum Gasteiger partial charge on any atom is -0.444 e. The van der Waals surface area contributed by atoms with E-state index in [1.54, 1.807) is 9.80 Å². The molecule has 11 heteroatoms. The van der Waals surface area contributed by atoms with Crippen molar-refractivity contribution in [3.8, 4) is 0 Å². The van der Waals surface area contributed by atoms with E-state index in [-0.39, 0.29) is 42.9 Å². The van der Waals surface area contributed by atoms with Crippen molar-refractivity contribution >= 4 is 35.2 Å². The highest BCUT2D eigenvalue weighted by molar-refractivity contribution is 6.04. The third-order valence-corrected chi connectivity index (χ3v) is 10.9. The van der Waals surface area contributed by atoms with E-state index in [1.807, 2.05) is 55.5 Å². The number of carbonyl (C=O) groups is 3. The molecule has 1 N–H and O–H groups in total. The van der Waals surface area contributed by atoms with Gasteiger partial charge in [-0.05, 0) is 86.9 Å². The summed E-state index contributed by atoms with van der Waals surface area (Å²) in [6.45, 7) is 15.3. The number of fused-ring (bicyclic) bond motifs is 1.